The van der Waals surface area contributed by atoms with Gasteiger partial charge in [-0.05, 0) is 27.0 Å². The normalized spacial score (nSPS) is 20.4. The van der Waals surface area contributed by atoms with Gasteiger partial charge in [0.2, 0.25) is 0 Å². The SMILES string of the molecule is C=C/C=C\N1N=CN(C)C1C(C)N(C)CC#CC. The first-order valence-corrected chi connectivity index (χ1v) is 6.05. The van der Waals surface area contributed by atoms with E-state index >= 15 is 0 Å². The molecule has 1 aliphatic rings. The molecule has 0 aromatic carbocycles. The van der Waals surface area contributed by atoms with E-state index < -0.39 is 0 Å². The number of allylic oxidation sites excluding steroid dienone is 2. The van der Waals surface area contributed by atoms with E-state index in [1.807, 2.05) is 37.6 Å². The van der Waals surface area contributed by atoms with Crippen molar-refractivity contribution in [3.8, 4) is 11.8 Å². The molecule has 4 nitrogen and oxygen atoms in total. The molecule has 1 heterocycles. The quantitative estimate of drug-likeness (QED) is 0.543. The third-order valence-corrected chi connectivity index (χ3v) is 3.06. The second-order valence-corrected chi connectivity index (χ2v) is 4.35. The summed E-state index contributed by atoms with van der Waals surface area (Å²) in [4.78, 5) is 4.33. The molecular formula is C14H22N4. The average molecular weight is 246 g/mol. The molecule has 0 aromatic rings. The van der Waals surface area contributed by atoms with E-state index in [2.05, 4.69) is 47.3 Å². The summed E-state index contributed by atoms with van der Waals surface area (Å²) >= 11 is 0. The third kappa shape index (κ3) is 3.38. The molecule has 2 unspecified atom stereocenters. The minimum atomic E-state index is 0.185. The number of hydrazone groups is 1. The van der Waals surface area contributed by atoms with Crippen molar-refractivity contribution in [3.05, 3.63) is 24.9 Å². The molecule has 4 heteroatoms. The maximum absolute atomic E-state index is 4.36. The van der Waals surface area contributed by atoms with Gasteiger partial charge in [0.05, 0.1) is 6.54 Å². The largest absolute Gasteiger partial charge is 0.341 e. The molecule has 0 amide bonds. The molecule has 0 aliphatic carbocycles. The highest BCUT2D eigenvalue weighted by Crippen LogP contribution is 2.17. The summed E-state index contributed by atoms with van der Waals surface area (Å²) in [5, 5.41) is 6.30. The Kier molecular flexibility index (Phi) is 5.47. The van der Waals surface area contributed by atoms with Gasteiger partial charge in [0.1, 0.15) is 12.5 Å². The van der Waals surface area contributed by atoms with Gasteiger partial charge in [-0.3, -0.25) is 4.90 Å². The van der Waals surface area contributed by atoms with Crippen molar-refractivity contribution < 1.29 is 0 Å². The standard InChI is InChI=1S/C14H22N4/c1-6-8-10-16(4)13(3)14-17(5)12-15-18(14)11-9-7-2/h7,9,11-14H,2,10H2,1,3-5H3/b11-9-. The lowest BCUT2D eigenvalue weighted by Gasteiger charge is -2.35. The number of nitrogens with zero attached hydrogens (tertiary/aromatic N) is 4. The van der Waals surface area contributed by atoms with Gasteiger partial charge in [0.15, 0.2) is 0 Å². The second-order valence-electron chi connectivity index (χ2n) is 4.35. The van der Waals surface area contributed by atoms with Crippen molar-refractivity contribution in [3.63, 3.8) is 0 Å². The van der Waals surface area contributed by atoms with Crippen LogP contribution in [0.4, 0.5) is 0 Å². The fourth-order valence-electron chi connectivity index (χ4n) is 1.88. The Labute approximate surface area is 110 Å². The first-order valence-electron chi connectivity index (χ1n) is 6.05. The fourth-order valence-corrected chi connectivity index (χ4v) is 1.88. The summed E-state index contributed by atoms with van der Waals surface area (Å²) < 4.78 is 0. The predicted octanol–water partition coefficient (Wildman–Crippen LogP) is 1.55. The summed E-state index contributed by atoms with van der Waals surface area (Å²) in [6.45, 7) is 8.49. The van der Waals surface area contributed by atoms with E-state index in [1.54, 1.807) is 6.08 Å². The minimum Gasteiger partial charge on any atom is -0.341 e. The van der Waals surface area contributed by atoms with Crippen molar-refractivity contribution in [2.75, 3.05) is 20.6 Å². The minimum absolute atomic E-state index is 0.185. The highest BCUT2D eigenvalue weighted by molar-refractivity contribution is 5.57. The molecule has 2 atom stereocenters. The van der Waals surface area contributed by atoms with Crippen LogP contribution < -0.4 is 0 Å². The smallest absolute Gasteiger partial charge is 0.138 e. The lowest BCUT2D eigenvalue weighted by molar-refractivity contribution is 0.0979. The molecule has 0 radical (unpaired) electrons. The van der Waals surface area contributed by atoms with Gasteiger partial charge in [-0.25, -0.2) is 5.01 Å². The molecule has 0 aromatic heterocycles. The summed E-state index contributed by atoms with van der Waals surface area (Å²) in [5.41, 5.74) is 0. The van der Waals surface area contributed by atoms with Crippen LogP contribution in [0.25, 0.3) is 0 Å². The van der Waals surface area contributed by atoms with Crippen LogP contribution in [0.2, 0.25) is 0 Å². The van der Waals surface area contributed by atoms with Gasteiger partial charge < -0.3 is 4.90 Å². The Morgan fingerprint density at radius 3 is 2.94 bits per heavy atom. The van der Waals surface area contributed by atoms with Crippen molar-refractivity contribution in [2.45, 2.75) is 26.1 Å². The van der Waals surface area contributed by atoms with Crippen molar-refractivity contribution in [1.29, 1.82) is 0 Å². The zero-order valence-electron chi connectivity index (χ0n) is 11.7. The molecule has 0 saturated heterocycles. The van der Waals surface area contributed by atoms with Gasteiger partial charge >= 0.3 is 0 Å². The van der Waals surface area contributed by atoms with E-state index in [0.717, 1.165) is 6.54 Å². The van der Waals surface area contributed by atoms with Crippen LogP contribution >= 0.6 is 0 Å². The third-order valence-electron chi connectivity index (χ3n) is 3.06. The zero-order valence-corrected chi connectivity index (χ0v) is 11.7. The summed E-state index contributed by atoms with van der Waals surface area (Å²) in [7, 11) is 4.11. The van der Waals surface area contributed by atoms with Crippen molar-refractivity contribution in [2.24, 2.45) is 5.10 Å². The van der Waals surface area contributed by atoms with E-state index in [-0.39, 0.29) is 6.17 Å². The highest BCUT2D eigenvalue weighted by atomic mass is 15.6. The van der Waals surface area contributed by atoms with Crippen LogP contribution in [0.15, 0.2) is 30.0 Å². The fraction of sp³-hybridized carbons (Fsp3) is 0.500. The maximum atomic E-state index is 4.36. The first-order chi connectivity index (χ1) is 8.61. The molecule has 1 aliphatic heterocycles. The zero-order chi connectivity index (χ0) is 13.5. The van der Waals surface area contributed by atoms with Gasteiger partial charge in [-0.1, -0.05) is 18.6 Å². The molecule has 18 heavy (non-hydrogen) atoms. The second kappa shape index (κ2) is 6.87. The van der Waals surface area contributed by atoms with Gasteiger partial charge in [-0.15, -0.1) is 5.92 Å². The van der Waals surface area contributed by atoms with Crippen LogP contribution in [0.3, 0.4) is 0 Å². The number of hydrogen-bond donors (Lipinski definition) is 0. The number of hydrogen-bond acceptors (Lipinski definition) is 4. The number of likely N-dealkylation sites (N-methyl/N-ethyl adjacent to an activating group) is 2. The van der Waals surface area contributed by atoms with Gasteiger partial charge in [0.25, 0.3) is 0 Å². The van der Waals surface area contributed by atoms with E-state index in [1.165, 1.54) is 0 Å². The van der Waals surface area contributed by atoms with Crippen molar-refractivity contribution in [1.82, 2.24) is 14.8 Å². The molecule has 0 saturated carbocycles. The topological polar surface area (TPSA) is 22.1 Å². The lowest BCUT2D eigenvalue weighted by Crippen LogP contribution is -2.50. The molecule has 0 bridgehead atoms. The molecule has 0 N–H and O–H groups in total. The van der Waals surface area contributed by atoms with Crippen LogP contribution in [0.5, 0.6) is 0 Å². The van der Waals surface area contributed by atoms with Crippen molar-refractivity contribution >= 4 is 6.34 Å². The van der Waals surface area contributed by atoms with Gasteiger partial charge in [0, 0.05) is 19.3 Å². The Morgan fingerprint density at radius 2 is 2.33 bits per heavy atom. The molecule has 0 spiro atoms. The molecule has 98 valence electrons. The van der Waals surface area contributed by atoms with E-state index in [0.29, 0.717) is 6.04 Å². The molecule has 1 rings (SSSR count). The average Bonchev–Trinajstić information content (AvgIpc) is 2.73. The van der Waals surface area contributed by atoms with Crippen LogP contribution in [0.1, 0.15) is 13.8 Å². The Bertz CT molecular complexity index is 388. The van der Waals surface area contributed by atoms with Crippen LogP contribution in [0, 0.1) is 11.8 Å². The lowest BCUT2D eigenvalue weighted by atomic mass is 10.2. The first kappa shape index (κ1) is 14.3. The molecular weight excluding hydrogens is 224 g/mol. The summed E-state index contributed by atoms with van der Waals surface area (Å²) in [6, 6.07) is 0.313. The monoisotopic (exact) mass is 246 g/mol. The van der Waals surface area contributed by atoms with E-state index in [9.17, 15) is 0 Å². The summed E-state index contributed by atoms with van der Waals surface area (Å²) in [6.07, 6.45) is 7.61. The van der Waals surface area contributed by atoms with Crippen LogP contribution in [-0.2, 0) is 0 Å². The Morgan fingerprint density at radius 1 is 1.61 bits per heavy atom. The number of rotatable bonds is 5. The predicted molar refractivity (Wildman–Crippen MR) is 76.8 cm³/mol. The Balaban J connectivity index is 2.73. The Hall–Kier alpha value is -1.73. The van der Waals surface area contributed by atoms with Crippen LogP contribution in [-0.4, -0.2) is 54.0 Å². The van der Waals surface area contributed by atoms with Gasteiger partial charge in [-0.2, -0.15) is 5.10 Å². The summed E-state index contributed by atoms with van der Waals surface area (Å²) in [5.74, 6) is 6.01. The van der Waals surface area contributed by atoms with E-state index in [4.69, 9.17) is 0 Å². The highest BCUT2D eigenvalue weighted by Gasteiger charge is 2.31. The molecule has 0 fully saturated rings. The maximum Gasteiger partial charge on any atom is 0.138 e.